The molecule has 0 radical (unpaired) electrons. The summed E-state index contributed by atoms with van der Waals surface area (Å²) in [6.07, 6.45) is -4.68. The van der Waals surface area contributed by atoms with E-state index in [4.69, 9.17) is 5.11 Å². The van der Waals surface area contributed by atoms with Crippen LogP contribution in [0.5, 0.6) is 0 Å². The normalized spacial score (nSPS) is 12.0. The molecule has 96 valence electrons. The number of hydrogen-bond donors (Lipinski definition) is 1. The molecular weight excluding hydrogens is 249 g/mol. The summed E-state index contributed by atoms with van der Waals surface area (Å²) in [6.45, 7) is 0.846. The number of carboxylic acid groups (broad SMARTS) is 1. The van der Waals surface area contributed by atoms with Crippen molar-refractivity contribution in [2.45, 2.75) is 19.6 Å². The molecule has 2 aromatic rings. The third kappa shape index (κ3) is 2.03. The van der Waals surface area contributed by atoms with Gasteiger partial charge in [-0.2, -0.15) is 13.2 Å². The first-order valence-corrected chi connectivity index (χ1v) is 5.05. The number of halogens is 3. The van der Waals surface area contributed by atoms with Gasteiger partial charge in [0.05, 0.1) is 11.0 Å². The van der Waals surface area contributed by atoms with Crippen LogP contribution in [0.2, 0.25) is 0 Å². The molecule has 0 aliphatic heterocycles. The van der Waals surface area contributed by atoms with E-state index in [-0.39, 0.29) is 11.0 Å². The molecule has 0 saturated heterocycles. The van der Waals surface area contributed by atoms with Crippen molar-refractivity contribution < 1.29 is 23.1 Å². The fourth-order valence-electron chi connectivity index (χ4n) is 1.87. The maximum atomic E-state index is 12.8. The van der Waals surface area contributed by atoms with E-state index in [0.717, 1.165) is 0 Å². The summed E-state index contributed by atoms with van der Waals surface area (Å²) in [7, 11) is 0. The molecule has 7 heteroatoms. The van der Waals surface area contributed by atoms with E-state index in [0.29, 0.717) is 10.1 Å². The molecule has 4 nitrogen and oxygen atoms in total. The van der Waals surface area contributed by atoms with Crippen LogP contribution < -0.4 is 0 Å². The Kier molecular flexibility index (Phi) is 2.76. The molecule has 0 spiro atoms. The first-order chi connectivity index (χ1) is 8.30. The molecule has 0 fully saturated rings. The van der Waals surface area contributed by atoms with Gasteiger partial charge in [-0.05, 0) is 18.6 Å². The number of rotatable bonds is 2. The Bertz CT molecular complexity index is 617. The highest BCUT2D eigenvalue weighted by Gasteiger charge is 2.38. The second kappa shape index (κ2) is 4.01. The number of fused-ring (bicyclic) bond motifs is 1. The number of alkyl halides is 3. The van der Waals surface area contributed by atoms with Crippen LogP contribution in [0.15, 0.2) is 18.2 Å². The minimum atomic E-state index is -4.68. The van der Waals surface area contributed by atoms with Gasteiger partial charge in [-0.1, -0.05) is 12.1 Å². The average molecular weight is 258 g/mol. The fraction of sp³-hybridized carbons (Fsp3) is 0.273. The average Bonchev–Trinajstić information content (AvgIpc) is 2.57. The Hall–Kier alpha value is -2.05. The van der Waals surface area contributed by atoms with Gasteiger partial charge < -0.3 is 9.67 Å². The highest BCUT2D eigenvalue weighted by molar-refractivity contribution is 5.81. The molecule has 1 aromatic heterocycles. The number of hydrogen-bond acceptors (Lipinski definition) is 2. The van der Waals surface area contributed by atoms with Gasteiger partial charge in [0.25, 0.3) is 0 Å². The number of nitrogens with zero attached hydrogens (tertiary/aromatic N) is 2. The summed E-state index contributed by atoms with van der Waals surface area (Å²) in [4.78, 5) is 14.2. The molecule has 0 saturated carbocycles. The number of benzene rings is 1. The molecule has 0 atom stereocenters. The predicted molar refractivity (Wildman–Crippen MR) is 57.1 cm³/mol. The molecule has 2 rings (SSSR count). The van der Waals surface area contributed by atoms with Crippen LogP contribution in [0.4, 0.5) is 13.2 Å². The smallest absolute Gasteiger partial charge is 0.449 e. The maximum Gasteiger partial charge on any atom is 0.449 e. The molecule has 0 aliphatic rings. The standard InChI is InChI=1S/C11H9F3N2O2/c1-6-3-2-4-7-9(6)16(5-8(17)18)10(15-7)11(12,13)14/h2-4H,5H2,1H3,(H,17,18). The van der Waals surface area contributed by atoms with Gasteiger partial charge in [0.15, 0.2) is 0 Å². The SMILES string of the molecule is Cc1cccc2nc(C(F)(F)F)n(CC(=O)O)c12. The number of carboxylic acids is 1. The molecule has 0 amide bonds. The Morgan fingerprint density at radius 2 is 2.11 bits per heavy atom. The molecule has 1 heterocycles. The lowest BCUT2D eigenvalue weighted by molar-refractivity contribution is -0.148. The van der Waals surface area contributed by atoms with E-state index in [1.807, 2.05) is 0 Å². The van der Waals surface area contributed by atoms with Crippen molar-refractivity contribution >= 4 is 17.0 Å². The van der Waals surface area contributed by atoms with Gasteiger partial charge in [-0.15, -0.1) is 0 Å². The zero-order valence-corrected chi connectivity index (χ0v) is 9.32. The van der Waals surface area contributed by atoms with Crippen LogP contribution in [-0.4, -0.2) is 20.6 Å². The second-order valence-corrected chi connectivity index (χ2v) is 3.86. The zero-order chi connectivity index (χ0) is 13.5. The van der Waals surface area contributed by atoms with Gasteiger partial charge in [-0.25, -0.2) is 4.98 Å². The first-order valence-electron chi connectivity index (χ1n) is 5.05. The highest BCUT2D eigenvalue weighted by atomic mass is 19.4. The highest BCUT2D eigenvalue weighted by Crippen LogP contribution is 2.32. The lowest BCUT2D eigenvalue weighted by Crippen LogP contribution is -2.19. The number of imidazole rings is 1. The number of para-hydroxylation sites is 1. The van der Waals surface area contributed by atoms with Crippen LogP contribution in [0.1, 0.15) is 11.4 Å². The van der Waals surface area contributed by atoms with Crippen LogP contribution in [0.25, 0.3) is 11.0 Å². The molecule has 0 aliphatic carbocycles. The summed E-state index contributed by atoms with van der Waals surface area (Å²) in [6, 6.07) is 4.62. The third-order valence-corrected chi connectivity index (χ3v) is 2.52. The quantitative estimate of drug-likeness (QED) is 0.900. The van der Waals surface area contributed by atoms with Gasteiger partial charge >= 0.3 is 12.1 Å². The van der Waals surface area contributed by atoms with Crippen molar-refractivity contribution in [3.63, 3.8) is 0 Å². The molecule has 1 N–H and O–H groups in total. The fourth-order valence-corrected chi connectivity index (χ4v) is 1.87. The summed E-state index contributed by atoms with van der Waals surface area (Å²) < 4.78 is 39.1. The van der Waals surface area contributed by atoms with Crippen molar-refractivity contribution in [1.29, 1.82) is 0 Å². The van der Waals surface area contributed by atoms with E-state index in [9.17, 15) is 18.0 Å². The van der Waals surface area contributed by atoms with E-state index < -0.39 is 24.5 Å². The van der Waals surface area contributed by atoms with Crippen molar-refractivity contribution in [1.82, 2.24) is 9.55 Å². The van der Waals surface area contributed by atoms with Crippen LogP contribution in [0.3, 0.4) is 0 Å². The summed E-state index contributed by atoms with van der Waals surface area (Å²) in [5.74, 6) is -2.53. The summed E-state index contributed by atoms with van der Waals surface area (Å²) in [5, 5.41) is 8.71. The number of aromatic nitrogens is 2. The lowest BCUT2D eigenvalue weighted by Gasteiger charge is -2.09. The van der Waals surface area contributed by atoms with Crippen LogP contribution in [-0.2, 0) is 17.5 Å². The molecule has 1 aromatic carbocycles. The minimum absolute atomic E-state index is 0.142. The molecular formula is C11H9F3N2O2. The number of carbonyl (C=O) groups is 1. The third-order valence-electron chi connectivity index (χ3n) is 2.52. The molecule has 0 bridgehead atoms. The lowest BCUT2D eigenvalue weighted by atomic mass is 10.2. The second-order valence-electron chi connectivity index (χ2n) is 3.86. The van der Waals surface area contributed by atoms with Crippen molar-refractivity contribution in [3.05, 3.63) is 29.6 Å². The van der Waals surface area contributed by atoms with Crippen molar-refractivity contribution in [3.8, 4) is 0 Å². The Labute approximate surface area is 99.7 Å². The predicted octanol–water partition coefficient (Wildman–Crippen LogP) is 2.45. The van der Waals surface area contributed by atoms with Gasteiger partial charge in [0.1, 0.15) is 6.54 Å². The van der Waals surface area contributed by atoms with Crippen molar-refractivity contribution in [2.24, 2.45) is 0 Å². The largest absolute Gasteiger partial charge is 0.480 e. The van der Waals surface area contributed by atoms with Crippen molar-refractivity contribution in [2.75, 3.05) is 0 Å². The Balaban J connectivity index is 2.78. The first kappa shape index (κ1) is 12.4. The van der Waals surface area contributed by atoms with E-state index in [1.165, 1.54) is 6.07 Å². The van der Waals surface area contributed by atoms with Crippen LogP contribution >= 0.6 is 0 Å². The molecule has 18 heavy (non-hydrogen) atoms. The zero-order valence-electron chi connectivity index (χ0n) is 9.32. The topological polar surface area (TPSA) is 55.1 Å². The van der Waals surface area contributed by atoms with E-state index in [2.05, 4.69) is 4.98 Å². The van der Waals surface area contributed by atoms with Crippen LogP contribution in [0, 0.1) is 6.92 Å². The van der Waals surface area contributed by atoms with Gasteiger partial charge in [0.2, 0.25) is 5.82 Å². The maximum absolute atomic E-state index is 12.8. The summed E-state index contributed by atoms with van der Waals surface area (Å²) >= 11 is 0. The number of aliphatic carboxylic acids is 1. The number of aryl methyl sites for hydroxylation is 1. The summed E-state index contributed by atoms with van der Waals surface area (Å²) in [5.41, 5.74) is 0.896. The van der Waals surface area contributed by atoms with Gasteiger partial charge in [0, 0.05) is 0 Å². The Morgan fingerprint density at radius 1 is 1.44 bits per heavy atom. The van der Waals surface area contributed by atoms with Gasteiger partial charge in [-0.3, -0.25) is 4.79 Å². The minimum Gasteiger partial charge on any atom is -0.480 e. The van der Waals surface area contributed by atoms with E-state index in [1.54, 1.807) is 19.1 Å². The Morgan fingerprint density at radius 3 is 2.67 bits per heavy atom. The van der Waals surface area contributed by atoms with E-state index >= 15 is 0 Å². The monoisotopic (exact) mass is 258 g/mol. The molecule has 0 unspecified atom stereocenters.